The molecule has 1 aromatic carbocycles. The van der Waals surface area contributed by atoms with Gasteiger partial charge in [0, 0.05) is 25.6 Å². The minimum Gasteiger partial charge on any atom is -0.394 e. The zero-order valence-electron chi connectivity index (χ0n) is 12.0. The molecule has 1 heterocycles. The fourth-order valence-corrected chi connectivity index (χ4v) is 2.60. The Bertz CT molecular complexity index is 473. The van der Waals surface area contributed by atoms with E-state index in [-0.39, 0.29) is 18.4 Å². The van der Waals surface area contributed by atoms with Crippen molar-refractivity contribution < 1.29 is 15.0 Å². The number of carbonyl (C=O) groups is 1. The molecular weight excluding hydrogens is 270 g/mol. The van der Waals surface area contributed by atoms with E-state index < -0.39 is 6.10 Å². The molecule has 1 aromatic rings. The first-order valence-electron chi connectivity index (χ1n) is 7.28. The van der Waals surface area contributed by atoms with Gasteiger partial charge in [0.05, 0.1) is 24.1 Å². The number of nitrogens with two attached hydrogens (primary N) is 1. The van der Waals surface area contributed by atoms with Crippen LogP contribution in [0.25, 0.3) is 0 Å². The van der Waals surface area contributed by atoms with Gasteiger partial charge in [0.15, 0.2) is 0 Å². The summed E-state index contributed by atoms with van der Waals surface area (Å²) in [5.74, 6) is -0.246. The molecule has 0 radical (unpaired) electrons. The van der Waals surface area contributed by atoms with Crippen molar-refractivity contribution in [1.82, 2.24) is 0 Å². The predicted octanol–water partition coefficient (Wildman–Crippen LogP) is 0.153. The number of para-hydroxylation sites is 2. The second-order valence-corrected chi connectivity index (χ2v) is 5.40. The standard InChI is InChI=1S/C15H23N3O3/c16-15(21)11-5-7-18(8-6-11)14-4-2-1-3-13(14)17-9-12(20)10-19/h1-4,11-12,17,19-20H,5-10H2,(H2,16,21). The number of benzene rings is 1. The summed E-state index contributed by atoms with van der Waals surface area (Å²) in [6.45, 7) is 1.61. The van der Waals surface area contributed by atoms with Crippen LogP contribution in [0, 0.1) is 5.92 Å². The van der Waals surface area contributed by atoms with Gasteiger partial charge in [-0.15, -0.1) is 0 Å². The fraction of sp³-hybridized carbons (Fsp3) is 0.533. The Morgan fingerprint density at radius 3 is 2.67 bits per heavy atom. The summed E-state index contributed by atoms with van der Waals surface area (Å²) >= 11 is 0. The maximum absolute atomic E-state index is 11.2. The van der Waals surface area contributed by atoms with Crippen molar-refractivity contribution in [2.24, 2.45) is 11.7 Å². The quantitative estimate of drug-likeness (QED) is 0.598. The van der Waals surface area contributed by atoms with Crippen molar-refractivity contribution in [3.8, 4) is 0 Å². The van der Waals surface area contributed by atoms with Gasteiger partial charge in [-0.25, -0.2) is 0 Å². The highest BCUT2D eigenvalue weighted by Crippen LogP contribution is 2.29. The van der Waals surface area contributed by atoms with E-state index in [2.05, 4.69) is 10.2 Å². The molecule has 0 spiro atoms. The van der Waals surface area contributed by atoms with Crippen LogP contribution in [0.1, 0.15) is 12.8 Å². The lowest BCUT2D eigenvalue weighted by Crippen LogP contribution is -2.39. The van der Waals surface area contributed by atoms with Crippen LogP contribution < -0.4 is 16.0 Å². The molecule has 21 heavy (non-hydrogen) atoms. The Hall–Kier alpha value is -1.79. The van der Waals surface area contributed by atoms with E-state index in [9.17, 15) is 9.90 Å². The first kappa shape index (κ1) is 15.6. The molecule has 0 aromatic heterocycles. The molecule has 1 aliphatic rings. The average Bonchev–Trinajstić information content (AvgIpc) is 2.53. The molecule has 1 saturated heterocycles. The average molecular weight is 293 g/mol. The van der Waals surface area contributed by atoms with Gasteiger partial charge in [0.2, 0.25) is 5.91 Å². The second kappa shape index (κ2) is 7.28. The van der Waals surface area contributed by atoms with Gasteiger partial charge in [-0.1, -0.05) is 12.1 Å². The number of aliphatic hydroxyl groups excluding tert-OH is 2. The summed E-state index contributed by atoms with van der Waals surface area (Å²) in [5, 5.41) is 21.5. The Labute approximate surface area is 124 Å². The summed E-state index contributed by atoms with van der Waals surface area (Å²) in [6.07, 6.45) is 0.755. The van der Waals surface area contributed by atoms with Gasteiger partial charge in [-0.3, -0.25) is 4.79 Å². The van der Waals surface area contributed by atoms with Crippen molar-refractivity contribution in [2.45, 2.75) is 18.9 Å². The van der Waals surface area contributed by atoms with E-state index in [0.717, 1.165) is 37.3 Å². The van der Waals surface area contributed by atoms with Crippen LogP contribution in [0.2, 0.25) is 0 Å². The Morgan fingerprint density at radius 1 is 1.38 bits per heavy atom. The summed E-state index contributed by atoms with van der Waals surface area (Å²) in [7, 11) is 0. The number of nitrogens with zero attached hydrogens (tertiary/aromatic N) is 1. The molecule has 116 valence electrons. The lowest BCUT2D eigenvalue weighted by Gasteiger charge is -2.33. The van der Waals surface area contributed by atoms with Crippen LogP contribution in [-0.2, 0) is 4.79 Å². The van der Waals surface area contributed by atoms with Gasteiger partial charge >= 0.3 is 0 Å². The molecule has 6 heteroatoms. The minimum absolute atomic E-state index is 0.0300. The number of rotatable bonds is 6. The number of anilines is 2. The van der Waals surface area contributed by atoms with Crippen LogP contribution in [0.3, 0.4) is 0 Å². The third-order valence-electron chi connectivity index (χ3n) is 3.88. The molecule has 5 N–H and O–H groups in total. The highest BCUT2D eigenvalue weighted by atomic mass is 16.3. The zero-order chi connectivity index (χ0) is 15.2. The normalized spacial score (nSPS) is 17.5. The molecule has 0 aliphatic carbocycles. The third-order valence-corrected chi connectivity index (χ3v) is 3.88. The van der Waals surface area contributed by atoms with Crippen LogP contribution in [-0.4, -0.2) is 48.5 Å². The van der Waals surface area contributed by atoms with Crippen LogP contribution >= 0.6 is 0 Å². The Balaban J connectivity index is 2.01. The number of hydrogen-bond donors (Lipinski definition) is 4. The van der Waals surface area contributed by atoms with E-state index in [1.807, 2.05) is 24.3 Å². The topological polar surface area (TPSA) is 98.8 Å². The van der Waals surface area contributed by atoms with E-state index in [1.54, 1.807) is 0 Å². The second-order valence-electron chi connectivity index (χ2n) is 5.40. The number of piperidine rings is 1. The smallest absolute Gasteiger partial charge is 0.220 e. The van der Waals surface area contributed by atoms with Crippen molar-refractivity contribution >= 4 is 17.3 Å². The van der Waals surface area contributed by atoms with Gasteiger partial charge in [-0.2, -0.15) is 0 Å². The van der Waals surface area contributed by atoms with Gasteiger partial charge < -0.3 is 26.2 Å². The number of carbonyl (C=O) groups excluding carboxylic acids is 1. The maximum Gasteiger partial charge on any atom is 0.220 e. The van der Waals surface area contributed by atoms with Crippen LogP contribution in [0.4, 0.5) is 11.4 Å². The molecule has 1 fully saturated rings. The molecular formula is C15H23N3O3. The summed E-state index contributed by atoms with van der Waals surface area (Å²) < 4.78 is 0. The summed E-state index contributed by atoms with van der Waals surface area (Å²) in [4.78, 5) is 13.4. The highest BCUT2D eigenvalue weighted by Gasteiger charge is 2.24. The third kappa shape index (κ3) is 4.09. The van der Waals surface area contributed by atoms with Crippen molar-refractivity contribution in [3.05, 3.63) is 24.3 Å². The molecule has 6 nitrogen and oxygen atoms in total. The Kier molecular flexibility index (Phi) is 5.41. The SMILES string of the molecule is NC(=O)C1CCN(c2ccccc2NCC(O)CO)CC1. The first-order valence-corrected chi connectivity index (χ1v) is 7.28. The van der Waals surface area contributed by atoms with E-state index in [4.69, 9.17) is 10.8 Å². The van der Waals surface area contributed by atoms with Crippen LogP contribution in [0.5, 0.6) is 0 Å². The molecule has 0 saturated carbocycles. The number of amides is 1. The Morgan fingerprint density at radius 2 is 2.05 bits per heavy atom. The fourth-order valence-electron chi connectivity index (χ4n) is 2.60. The molecule has 1 unspecified atom stereocenters. The zero-order valence-corrected chi connectivity index (χ0v) is 12.0. The lowest BCUT2D eigenvalue weighted by atomic mass is 9.96. The largest absolute Gasteiger partial charge is 0.394 e. The van der Waals surface area contributed by atoms with E-state index in [1.165, 1.54) is 0 Å². The van der Waals surface area contributed by atoms with Gasteiger partial charge in [0.1, 0.15) is 0 Å². The summed E-state index contributed by atoms with van der Waals surface area (Å²) in [5.41, 5.74) is 7.32. The van der Waals surface area contributed by atoms with E-state index in [0.29, 0.717) is 6.54 Å². The maximum atomic E-state index is 11.2. The molecule has 1 amide bonds. The predicted molar refractivity (Wildman–Crippen MR) is 82.2 cm³/mol. The number of aliphatic hydroxyl groups is 2. The van der Waals surface area contributed by atoms with E-state index >= 15 is 0 Å². The molecule has 1 aliphatic heterocycles. The van der Waals surface area contributed by atoms with Gasteiger partial charge in [-0.05, 0) is 25.0 Å². The summed E-state index contributed by atoms with van der Waals surface area (Å²) in [6, 6.07) is 7.84. The molecule has 2 rings (SSSR count). The van der Waals surface area contributed by atoms with Crippen LogP contribution in [0.15, 0.2) is 24.3 Å². The van der Waals surface area contributed by atoms with Crippen molar-refractivity contribution in [1.29, 1.82) is 0 Å². The molecule has 1 atom stereocenters. The number of hydrogen-bond acceptors (Lipinski definition) is 5. The monoisotopic (exact) mass is 293 g/mol. The molecule has 0 bridgehead atoms. The highest BCUT2D eigenvalue weighted by molar-refractivity contribution is 5.77. The first-order chi connectivity index (χ1) is 10.1. The van der Waals surface area contributed by atoms with Gasteiger partial charge in [0.25, 0.3) is 0 Å². The minimum atomic E-state index is -0.779. The van der Waals surface area contributed by atoms with Crippen molar-refractivity contribution in [3.63, 3.8) is 0 Å². The number of nitrogens with one attached hydrogen (secondary N) is 1. The number of primary amides is 1. The van der Waals surface area contributed by atoms with Crippen molar-refractivity contribution in [2.75, 3.05) is 36.5 Å². The lowest BCUT2D eigenvalue weighted by molar-refractivity contribution is -0.122.